The molecule has 206 valence electrons. The summed E-state index contributed by atoms with van der Waals surface area (Å²) in [4.78, 5) is 4.90. The Morgan fingerprint density at radius 3 is 1.74 bits per heavy atom. The van der Waals surface area contributed by atoms with E-state index in [1.165, 1.54) is 49.4 Å². The van der Waals surface area contributed by atoms with Gasteiger partial charge in [0.1, 0.15) is 5.82 Å². The van der Waals surface area contributed by atoms with Crippen molar-refractivity contribution in [3.8, 4) is 27.9 Å². The van der Waals surface area contributed by atoms with Crippen LogP contribution in [0.4, 0.5) is 0 Å². The van der Waals surface area contributed by atoms with Gasteiger partial charge >= 0.3 is 0 Å². The van der Waals surface area contributed by atoms with E-state index in [0.717, 1.165) is 35.4 Å². The zero-order valence-corrected chi connectivity index (χ0v) is 24.2. The van der Waals surface area contributed by atoms with Crippen LogP contribution in [0.2, 0.25) is 0 Å². The largest absolute Gasteiger partial charge is 0.296 e. The lowest BCUT2D eigenvalue weighted by Crippen LogP contribution is -2.00. The van der Waals surface area contributed by atoms with Crippen molar-refractivity contribution in [1.82, 2.24) is 9.55 Å². The van der Waals surface area contributed by atoms with E-state index in [1.54, 1.807) is 0 Å². The maximum absolute atomic E-state index is 4.90. The van der Waals surface area contributed by atoms with Gasteiger partial charge in [0.05, 0.1) is 11.0 Å². The molecule has 0 aliphatic heterocycles. The van der Waals surface area contributed by atoms with Gasteiger partial charge < -0.3 is 0 Å². The summed E-state index contributed by atoms with van der Waals surface area (Å²) < 4.78 is 2.29. The topological polar surface area (TPSA) is 17.8 Å². The number of aryl methyl sites for hydroxylation is 1. The van der Waals surface area contributed by atoms with Gasteiger partial charge in [0.25, 0.3) is 0 Å². The van der Waals surface area contributed by atoms with Gasteiger partial charge in [0, 0.05) is 18.0 Å². The molecule has 0 N–H and O–H groups in total. The highest BCUT2D eigenvalue weighted by Crippen LogP contribution is 2.44. The summed E-state index contributed by atoms with van der Waals surface area (Å²) in [5, 5.41) is 5.11. The smallest absolute Gasteiger partial charge is 0.114 e. The highest BCUT2D eigenvalue weighted by Gasteiger charge is 2.18. The number of fused-ring (bicyclic) bond motifs is 3. The number of aromatic nitrogens is 2. The fourth-order valence-electron chi connectivity index (χ4n) is 6.85. The summed E-state index contributed by atoms with van der Waals surface area (Å²) in [6, 6.07) is 44.4. The van der Waals surface area contributed by atoms with Crippen LogP contribution in [-0.2, 0) is 6.42 Å². The molecule has 2 nitrogen and oxygen atoms in total. The van der Waals surface area contributed by atoms with Gasteiger partial charge in [-0.05, 0) is 80.0 Å². The van der Waals surface area contributed by atoms with E-state index >= 15 is 0 Å². The second kappa shape index (κ2) is 10.6. The molecule has 0 radical (unpaired) electrons. The molecule has 0 saturated carbocycles. The Labute approximate surface area is 252 Å². The minimum absolute atomic E-state index is 0.451. The average Bonchev–Trinajstić information content (AvgIpc) is 3.47. The van der Waals surface area contributed by atoms with E-state index < -0.39 is 0 Å². The Morgan fingerprint density at radius 2 is 1.19 bits per heavy atom. The van der Waals surface area contributed by atoms with E-state index in [9.17, 15) is 0 Å². The monoisotopic (exact) mass is 552 g/mol. The van der Waals surface area contributed by atoms with Crippen LogP contribution in [0, 0.1) is 0 Å². The summed E-state index contributed by atoms with van der Waals surface area (Å²) in [5.41, 5.74) is 9.75. The second-order valence-electron chi connectivity index (χ2n) is 11.4. The van der Waals surface area contributed by atoms with E-state index in [-0.39, 0.29) is 0 Å². The number of rotatable bonds is 5. The molecule has 6 aromatic carbocycles. The molecular weight excluding hydrogens is 520 g/mol. The van der Waals surface area contributed by atoms with E-state index in [1.807, 2.05) is 0 Å². The second-order valence-corrected chi connectivity index (χ2v) is 11.4. The van der Waals surface area contributed by atoms with Crippen molar-refractivity contribution in [3.63, 3.8) is 0 Å². The first-order valence-electron chi connectivity index (χ1n) is 15.2. The maximum atomic E-state index is 4.90. The lowest BCUT2D eigenvalue weighted by molar-refractivity contribution is 0.854. The number of imidazole rings is 1. The van der Waals surface area contributed by atoms with Gasteiger partial charge in [-0.3, -0.25) is 4.57 Å². The summed E-state index contributed by atoms with van der Waals surface area (Å²) in [6.45, 7) is 2.17. The lowest BCUT2D eigenvalue weighted by atomic mass is 9.85. The standard InChI is InChI=1S/C41H32N2/c1-2-39-42-37-18-10-11-19-38(37)43(39)32-26-24-31(25-27-32)41-35-16-8-6-14-33(35)40(34-15-7-9-17-36(34)41)30-22-20-29(21-23-30)28-12-4-3-5-13-28/h3-12,14-28H,2,13H2,1H3. The number of hydrogen-bond donors (Lipinski definition) is 0. The number of para-hydroxylation sites is 2. The number of benzene rings is 6. The Morgan fingerprint density at radius 1 is 0.628 bits per heavy atom. The zero-order chi connectivity index (χ0) is 28.8. The van der Waals surface area contributed by atoms with E-state index in [4.69, 9.17) is 4.98 Å². The first kappa shape index (κ1) is 25.5. The van der Waals surface area contributed by atoms with Gasteiger partial charge in [-0.25, -0.2) is 4.98 Å². The van der Waals surface area contributed by atoms with Crippen LogP contribution in [0.15, 0.2) is 146 Å². The van der Waals surface area contributed by atoms with Crippen LogP contribution in [-0.4, -0.2) is 9.55 Å². The molecule has 1 aromatic heterocycles. The van der Waals surface area contributed by atoms with Gasteiger partial charge in [-0.1, -0.05) is 128 Å². The van der Waals surface area contributed by atoms with Crippen molar-refractivity contribution in [2.45, 2.75) is 25.7 Å². The van der Waals surface area contributed by atoms with Crippen LogP contribution in [0.25, 0.3) is 60.5 Å². The molecule has 1 unspecified atom stereocenters. The molecule has 0 amide bonds. The number of hydrogen-bond acceptors (Lipinski definition) is 1. The maximum Gasteiger partial charge on any atom is 0.114 e. The highest BCUT2D eigenvalue weighted by molar-refractivity contribution is 6.21. The van der Waals surface area contributed by atoms with Crippen molar-refractivity contribution >= 4 is 32.6 Å². The summed E-state index contributed by atoms with van der Waals surface area (Å²) in [6.07, 6.45) is 10.8. The van der Waals surface area contributed by atoms with Crippen molar-refractivity contribution in [2.75, 3.05) is 0 Å². The molecule has 43 heavy (non-hydrogen) atoms. The third-order valence-electron chi connectivity index (χ3n) is 8.90. The minimum Gasteiger partial charge on any atom is -0.296 e. The highest BCUT2D eigenvalue weighted by atomic mass is 15.1. The van der Waals surface area contributed by atoms with Crippen LogP contribution in [0.1, 0.15) is 30.7 Å². The average molecular weight is 553 g/mol. The normalized spacial score (nSPS) is 14.7. The molecule has 0 saturated heterocycles. The number of allylic oxidation sites excluding steroid dienone is 4. The van der Waals surface area contributed by atoms with E-state index in [2.05, 4.69) is 157 Å². The molecule has 0 bridgehead atoms. The van der Waals surface area contributed by atoms with Crippen molar-refractivity contribution in [2.24, 2.45) is 0 Å². The van der Waals surface area contributed by atoms with Crippen molar-refractivity contribution < 1.29 is 0 Å². The van der Waals surface area contributed by atoms with Gasteiger partial charge in [-0.2, -0.15) is 0 Å². The Kier molecular flexibility index (Phi) is 6.26. The van der Waals surface area contributed by atoms with Crippen molar-refractivity contribution in [3.05, 3.63) is 157 Å². The molecule has 1 aliphatic carbocycles. The predicted octanol–water partition coefficient (Wildman–Crippen LogP) is 10.8. The Balaban J connectivity index is 1.29. The predicted molar refractivity (Wildman–Crippen MR) is 182 cm³/mol. The third-order valence-corrected chi connectivity index (χ3v) is 8.90. The summed E-state index contributed by atoms with van der Waals surface area (Å²) in [5.74, 6) is 1.53. The van der Waals surface area contributed by atoms with Crippen LogP contribution < -0.4 is 0 Å². The van der Waals surface area contributed by atoms with Gasteiger partial charge in [-0.15, -0.1) is 0 Å². The van der Waals surface area contributed by atoms with Gasteiger partial charge in [0.15, 0.2) is 0 Å². The fourth-order valence-corrected chi connectivity index (χ4v) is 6.85. The molecule has 0 fully saturated rings. The van der Waals surface area contributed by atoms with Crippen LogP contribution in [0.5, 0.6) is 0 Å². The third kappa shape index (κ3) is 4.30. The van der Waals surface area contributed by atoms with Crippen molar-refractivity contribution in [1.29, 1.82) is 0 Å². The molecule has 1 atom stereocenters. The molecule has 8 rings (SSSR count). The zero-order valence-electron chi connectivity index (χ0n) is 24.2. The fraction of sp³-hybridized carbons (Fsp3) is 0.0976. The first-order valence-corrected chi connectivity index (χ1v) is 15.2. The summed E-state index contributed by atoms with van der Waals surface area (Å²) >= 11 is 0. The Bertz CT molecular complexity index is 2120. The van der Waals surface area contributed by atoms with E-state index in [0.29, 0.717) is 5.92 Å². The molecule has 1 aliphatic rings. The molecule has 0 spiro atoms. The minimum atomic E-state index is 0.451. The molecule has 2 heteroatoms. The Hall–Kier alpha value is -5.21. The SMILES string of the molecule is CCc1nc2ccccc2n1-c1ccc(-c2c3ccccc3c(-c3ccc(C4C=CC=CC4)cc3)c3ccccc23)cc1. The summed E-state index contributed by atoms with van der Waals surface area (Å²) in [7, 11) is 0. The van der Waals surface area contributed by atoms with Crippen LogP contribution >= 0.6 is 0 Å². The quantitative estimate of drug-likeness (QED) is 0.194. The molecular formula is C41H32N2. The first-order chi connectivity index (χ1) is 21.3. The molecule has 1 heterocycles. The van der Waals surface area contributed by atoms with Crippen LogP contribution in [0.3, 0.4) is 0 Å². The number of nitrogens with zero attached hydrogens (tertiary/aromatic N) is 2. The van der Waals surface area contributed by atoms with Gasteiger partial charge in [0.2, 0.25) is 0 Å². The lowest BCUT2D eigenvalue weighted by Gasteiger charge is -2.19. The molecule has 7 aromatic rings.